The minimum Gasteiger partial charge on any atom is -0.215 e. The minimum atomic E-state index is -3.35. The highest BCUT2D eigenvalue weighted by Gasteiger charge is 2.14. The second kappa shape index (κ2) is 8.37. The van der Waals surface area contributed by atoms with E-state index in [0.29, 0.717) is 18.0 Å². The molecule has 1 aromatic carbocycles. The number of benzene rings is 1. The van der Waals surface area contributed by atoms with Gasteiger partial charge in [0.15, 0.2) is 0 Å². The van der Waals surface area contributed by atoms with Crippen LogP contribution < -0.4 is 4.72 Å². The summed E-state index contributed by atoms with van der Waals surface area (Å²) >= 11 is 0. The lowest BCUT2D eigenvalue weighted by Crippen LogP contribution is -2.30. The van der Waals surface area contributed by atoms with E-state index >= 15 is 0 Å². The van der Waals surface area contributed by atoms with Crippen LogP contribution in [0.15, 0.2) is 24.3 Å². The molecule has 0 fully saturated rings. The Balaban J connectivity index is 2.50. The molecule has 1 aromatic rings. The maximum absolute atomic E-state index is 12.8. The van der Waals surface area contributed by atoms with Gasteiger partial charge in [-0.3, -0.25) is 0 Å². The molecule has 0 saturated carbocycles. The molecule has 0 aliphatic rings. The Morgan fingerprint density at radius 1 is 1.20 bits per heavy atom. The summed E-state index contributed by atoms with van der Waals surface area (Å²) in [5.74, 6) is -0.0695. The molecule has 20 heavy (non-hydrogen) atoms. The summed E-state index contributed by atoms with van der Waals surface area (Å²) in [4.78, 5) is 0. The maximum atomic E-state index is 12.8. The highest BCUT2D eigenvalue weighted by Crippen LogP contribution is 2.12. The highest BCUT2D eigenvalue weighted by atomic mass is 32.2. The van der Waals surface area contributed by atoms with Crippen molar-refractivity contribution >= 4 is 10.0 Å². The normalized spacial score (nSPS) is 13.3. The van der Waals surface area contributed by atoms with Crippen molar-refractivity contribution in [2.45, 2.75) is 45.3 Å². The second-order valence-electron chi connectivity index (χ2n) is 5.15. The molecule has 0 aliphatic carbocycles. The van der Waals surface area contributed by atoms with Crippen molar-refractivity contribution in [1.29, 1.82) is 0 Å². The van der Waals surface area contributed by atoms with Crippen LogP contribution in [0.25, 0.3) is 0 Å². The molecule has 0 amide bonds. The van der Waals surface area contributed by atoms with Crippen molar-refractivity contribution in [3.8, 4) is 0 Å². The van der Waals surface area contributed by atoms with Crippen LogP contribution in [-0.2, 0) is 15.8 Å². The highest BCUT2D eigenvalue weighted by molar-refractivity contribution is 7.88. The van der Waals surface area contributed by atoms with E-state index < -0.39 is 10.0 Å². The Labute approximate surface area is 121 Å². The summed E-state index contributed by atoms with van der Waals surface area (Å²) in [5.41, 5.74) is 0.598. The van der Waals surface area contributed by atoms with Gasteiger partial charge in [-0.1, -0.05) is 45.2 Å². The maximum Gasteiger partial charge on any atom is 0.215 e. The minimum absolute atomic E-state index is 0.0997. The fourth-order valence-electron chi connectivity index (χ4n) is 2.04. The van der Waals surface area contributed by atoms with Crippen LogP contribution in [0, 0.1) is 11.7 Å². The molecule has 0 unspecified atom stereocenters. The summed E-state index contributed by atoms with van der Waals surface area (Å²) in [6.45, 7) is 4.69. The summed E-state index contributed by atoms with van der Waals surface area (Å²) in [6.07, 6.45) is 4.27. The van der Waals surface area contributed by atoms with Gasteiger partial charge >= 0.3 is 0 Å². The number of unbranched alkanes of at least 4 members (excludes halogenated alkanes) is 1. The van der Waals surface area contributed by atoms with E-state index in [1.165, 1.54) is 24.3 Å². The van der Waals surface area contributed by atoms with Crippen molar-refractivity contribution in [2.75, 3.05) is 6.54 Å². The molecule has 0 bridgehead atoms. The number of hydrogen-bond acceptors (Lipinski definition) is 2. The smallest absolute Gasteiger partial charge is 0.215 e. The lowest BCUT2D eigenvalue weighted by Gasteiger charge is -2.15. The Bertz CT molecular complexity index is 485. The van der Waals surface area contributed by atoms with Crippen LogP contribution in [0.3, 0.4) is 0 Å². The van der Waals surface area contributed by atoms with Crippen LogP contribution in [0.1, 0.15) is 45.1 Å². The molecule has 1 atom stereocenters. The topological polar surface area (TPSA) is 46.2 Å². The van der Waals surface area contributed by atoms with Crippen molar-refractivity contribution in [3.05, 3.63) is 35.6 Å². The molecule has 0 saturated heterocycles. The summed E-state index contributed by atoms with van der Waals surface area (Å²) in [5, 5.41) is 0. The fourth-order valence-corrected chi connectivity index (χ4v) is 3.26. The largest absolute Gasteiger partial charge is 0.215 e. The zero-order chi connectivity index (χ0) is 15.0. The third kappa shape index (κ3) is 6.48. The fraction of sp³-hybridized carbons (Fsp3) is 0.600. The van der Waals surface area contributed by atoms with Gasteiger partial charge in [0.1, 0.15) is 5.82 Å². The van der Waals surface area contributed by atoms with Gasteiger partial charge in [-0.15, -0.1) is 0 Å². The SMILES string of the molecule is CCCC[C@@H](CC)CNS(=O)(=O)Cc1ccc(F)cc1. The van der Waals surface area contributed by atoms with Gasteiger partial charge in [-0.05, 0) is 30.0 Å². The molecule has 0 spiro atoms. The van der Waals surface area contributed by atoms with Crippen LogP contribution in [0.5, 0.6) is 0 Å². The summed E-state index contributed by atoms with van der Waals surface area (Å²) < 4.78 is 39.4. The Hall–Kier alpha value is -0.940. The first-order valence-corrected chi connectivity index (χ1v) is 8.83. The third-order valence-electron chi connectivity index (χ3n) is 3.41. The van der Waals surface area contributed by atoms with E-state index in [1.54, 1.807) is 0 Å². The van der Waals surface area contributed by atoms with Gasteiger partial charge in [-0.25, -0.2) is 17.5 Å². The summed E-state index contributed by atoms with van der Waals surface area (Å²) in [7, 11) is -3.35. The average Bonchev–Trinajstić information content (AvgIpc) is 2.41. The van der Waals surface area contributed by atoms with Crippen LogP contribution in [-0.4, -0.2) is 15.0 Å². The van der Waals surface area contributed by atoms with Gasteiger partial charge < -0.3 is 0 Å². The van der Waals surface area contributed by atoms with Crippen LogP contribution >= 0.6 is 0 Å². The van der Waals surface area contributed by atoms with Crippen LogP contribution in [0.2, 0.25) is 0 Å². The monoisotopic (exact) mass is 301 g/mol. The van der Waals surface area contributed by atoms with E-state index in [2.05, 4.69) is 18.6 Å². The number of nitrogens with one attached hydrogen (secondary N) is 1. The number of hydrogen-bond donors (Lipinski definition) is 1. The van der Waals surface area contributed by atoms with Gasteiger partial charge in [0.2, 0.25) is 10.0 Å². The number of sulfonamides is 1. The summed E-state index contributed by atoms with van der Waals surface area (Å²) in [6, 6.07) is 5.56. The quantitative estimate of drug-likeness (QED) is 0.759. The Morgan fingerprint density at radius 2 is 1.85 bits per heavy atom. The van der Waals surface area contributed by atoms with Gasteiger partial charge in [0.25, 0.3) is 0 Å². The van der Waals surface area contributed by atoms with Gasteiger partial charge in [0, 0.05) is 6.54 Å². The molecule has 0 aromatic heterocycles. The molecule has 0 heterocycles. The average molecular weight is 301 g/mol. The zero-order valence-corrected chi connectivity index (χ0v) is 13.0. The molecule has 5 heteroatoms. The van der Waals surface area contributed by atoms with Gasteiger partial charge in [0.05, 0.1) is 5.75 Å². The first-order chi connectivity index (χ1) is 9.46. The van der Waals surface area contributed by atoms with E-state index in [9.17, 15) is 12.8 Å². The van der Waals surface area contributed by atoms with E-state index in [4.69, 9.17) is 0 Å². The molecule has 1 rings (SSSR count). The lowest BCUT2D eigenvalue weighted by atomic mass is 10.00. The van der Waals surface area contributed by atoms with E-state index in [-0.39, 0.29) is 11.6 Å². The predicted molar refractivity (Wildman–Crippen MR) is 80.3 cm³/mol. The van der Waals surface area contributed by atoms with Crippen LogP contribution in [0.4, 0.5) is 4.39 Å². The first kappa shape index (κ1) is 17.1. The molecule has 1 N–H and O–H groups in total. The predicted octanol–water partition coefficient (Wildman–Crippen LogP) is 3.46. The second-order valence-corrected chi connectivity index (χ2v) is 6.96. The van der Waals surface area contributed by atoms with Crippen molar-refractivity contribution in [1.82, 2.24) is 4.72 Å². The van der Waals surface area contributed by atoms with E-state index in [0.717, 1.165) is 25.7 Å². The Kier molecular flexibility index (Phi) is 7.16. The Morgan fingerprint density at radius 3 is 2.40 bits per heavy atom. The van der Waals surface area contributed by atoms with Crippen molar-refractivity contribution < 1.29 is 12.8 Å². The molecule has 0 aliphatic heterocycles. The lowest BCUT2D eigenvalue weighted by molar-refractivity contribution is 0.443. The van der Waals surface area contributed by atoms with Gasteiger partial charge in [-0.2, -0.15) is 0 Å². The first-order valence-electron chi connectivity index (χ1n) is 7.18. The molecular weight excluding hydrogens is 277 g/mol. The number of halogens is 1. The molecular formula is C15H24FNO2S. The van der Waals surface area contributed by atoms with Crippen molar-refractivity contribution in [3.63, 3.8) is 0 Å². The third-order valence-corrected chi connectivity index (χ3v) is 4.73. The standard InChI is InChI=1S/C15H24FNO2S/c1-3-5-6-13(4-2)11-17-20(18,19)12-14-7-9-15(16)10-8-14/h7-10,13,17H,3-6,11-12H2,1-2H3/t13-/m1/s1. The van der Waals surface area contributed by atoms with E-state index in [1.807, 2.05) is 0 Å². The van der Waals surface area contributed by atoms with Crippen molar-refractivity contribution in [2.24, 2.45) is 5.92 Å². The number of rotatable bonds is 9. The molecule has 114 valence electrons. The zero-order valence-electron chi connectivity index (χ0n) is 12.2. The molecule has 0 radical (unpaired) electrons. The molecule has 3 nitrogen and oxygen atoms in total.